The Bertz CT molecular complexity index is 1420. The van der Waals surface area contributed by atoms with Crippen LogP contribution in [0.1, 0.15) is 23.1 Å². The lowest BCUT2D eigenvalue weighted by molar-refractivity contribution is 0.142. The molecule has 5 rings (SSSR count). The average molecular weight is 510 g/mol. The van der Waals surface area contributed by atoms with Gasteiger partial charge in [0.25, 0.3) is 0 Å². The Kier molecular flexibility index (Phi) is 7.62. The lowest BCUT2D eigenvalue weighted by Crippen LogP contribution is -2.55. The molecule has 0 bridgehead atoms. The standard InChI is InChI=1S/C30H31N5O3/c1-38-28-15-9-8-14-26(28)30(24-10-4-2-5-11-24,25-12-6-3-7-13-25)35(17-16-23(19-36)20-37)34-22-33-27-18-31-21-32-29(27)34/h2-15,18,21-23,36-37H,16-17,19-20H2,1H3. The molecule has 3 aromatic carbocycles. The van der Waals surface area contributed by atoms with Crippen LogP contribution in [-0.4, -0.2) is 56.7 Å². The first-order valence-corrected chi connectivity index (χ1v) is 12.6. The van der Waals surface area contributed by atoms with Gasteiger partial charge in [0.05, 0.1) is 13.3 Å². The van der Waals surface area contributed by atoms with Crippen LogP contribution in [0, 0.1) is 5.92 Å². The van der Waals surface area contributed by atoms with Crippen molar-refractivity contribution in [2.45, 2.75) is 12.0 Å². The molecular weight excluding hydrogens is 478 g/mol. The van der Waals surface area contributed by atoms with Gasteiger partial charge in [0.2, 0.25) is 0 Å². The molecule has 0 radical (unpaired) electrons. The van der Waals surface area contributed by atoms with Crippen LogP contribution < -0.4 is 9.75 Å². The highest BCUT2D eigenvalue weighted by Crippen LogP contribution is 2.45. The Morgan fingerprint density at radius 1 is 0.868 bits per heavy atom. The number of methoxy groups -OCH3 is 1. The Labute approximate surface area is 221 Å². The van der Waals surface area contributed by atoms with E-state index in [1.54, 1.807) is 19.6 Å². The summed E-state index contributed by atoms with van der Waals surface area (Å²) in [6.45, 7) is 0.230. The highest BCUT2D eigenvalue weighted by Gasteiger charge is 2.45. The first-order chi connectivity index (χ1) is 18.7. The number of ether oxygens (including phenoxy) is 1. The number of rotatable bonds is 11. The Morgan fingerprint density at radius 3 is 2.13 bits per heavy atom. The molecule has 0 saturated heterocycles. The van der Waals surface area contributed by atoms with Gasteiger partial charge in [-0.3, -0.25) is 5.01 Å². The quantitative estimate of drug-likeness (QED) is 0.262. The van der Waals surface area contributed by atoms with E-state index in [-0.39, 0.29) is 19.1 Å². The van der Waals surface area contributed by atoms with Crippen molar-refractivity contribution in [3.05, 3.63) is 120 Å². The van der Waals surface area contributed by atoms with Crippen LogP contribution in [0.2, 0.25) is 0 Å². The van der Waals surface area contributed by atoms with Crippen molar-refractivity contribution in [1.29, 1.82) is 0 Å². The molecular formula is C30H31N5O3. The minimum absolute atomic E-state index is 0.116. The minimum Gasteiger partial charge on any atom is -0.496 e. The molecule has 194 valence electrons. The zero-order chi connectivity index (χ0) is 26.4. The molecule has 0 aliphatic heterocycles. The molecule has 2 aromatic heterocycles. The third kappa shape index (κ3) is 4.49. The monoisotopic (exact) mass is 509 g/mol. The second kappa shape index (κ2) is 11.4. The third-order valence-electron chi connectivity index (χ3n) is 6.99. The van der Waals surface area contributed by atoms with Crippen LogP contribution >= 0.6 is 0 Å². The Morgan fingerprint density at radius 2 is 1.50 bits per heavy atom. The maximum atomic E-state index is 9.94. The average Bonchev–Trinajstić information content (AvgIpc) is 3.42. The summed E-state index contributed by atoms with van der Waals surface area (Å²) in [5.41, 5.74) is 3.36. The van der Waals surface area contributed by atoms with E-state index in [1.807, 2.05) is 59.3 Å². The summed E-state index contributed by atoms with van der Waals surface area (Å²) >= 11 is 0. The second-order valence-corrected chi connectivity index (χ2v) is 9.11. The summed E-state index contributed by atoms with van der Waals surface area (Å²) in [7, 11) is 1.68. The molecule has 38 heavy (non-hydrogen) atoms. The molecule has 0 fully saturated rings. The van der Waals surface area contributed by atoms with E-state index in [9.17, 15) is 10.2 Å². The fourth-order valence-electron chi connectivity index (χ4n) is 5.13. The van der Waals surface area contributed by atoms with Gasteiger partial charge in [-0.25, -0.2) is 19.6 Å². The first-order valence-electron chi connectivity index (χ1n) is 12.6. The van der Waals surface area contributed by atoms with E-state index in [1.165, 1.54) is 6.33 Å². The number of imidazole rings is 1. The summed E-state index contributed by atoms with van der Waals surface area (Å²) in [5, 5.41) is 22.1. The van der Waals surface area contributed by atoms with Gasteiger partial charge in [-0.1, -0.05) is 78.9 Å². The maximum Gasteiger partial charge on any atom is 0.182 e. The van der Waals surface area contributed by atoms with E-state index in [0.717, 1.165) is 22.4 Å². The number of para-hydroxylation sites is 1. The van der Waals surface area contributed by atoms with Crippen molar-refractivity contribution in [2.75, 3.05) is 31.9 Å². The predicted molar refractivity (Wildman–Crippen MR) is 146 cm³/mol. The lowest BCUT2D eigenvalue weighted by atomic mass is 9.75. The molecule has 8 heteroatoms. The Hall–Kier alpha value is -4.27. The number of aromatic nitrogens is 4. The van der Waals surface area contributed by atoms with Crippen molar-refractivity contribution in [3.63, 3.8) is 0 Å². The number of aliphatic hydroxyl groups excluding tert-OH is 2. The summed E-state index contributed by atoms with van der Waals surface area (Å²) in [6.07, 6.45) is 5.48. The van der Waals surface area contributed by atoms with Crippen LogP contribution in [0.5, 0.6) is 5.75 Å². The fraction of sp³-hybridized carbons (Fsp3) is 0.233. The number of fused-ring (bicyclic) bond motifs is 1. The van der Waals surface area contributed by atoms with Crippen LogP contribution in [0.4, 0.5) is 0 Å². The molecule has 5 aromatic rings. The normalized spacial score (nSPS) is 11.7. The summed E-state index contributed by atoms with van der Waals surface area (Å²) in [4.78, 5) is 13.4. The van der Waals surface area contributed by atoms with Crippen LogP contribution in [-0.2, 0) is 5.54 Å². The van der Waals surface area contributed by atoms with Gasteiger partial charge < -0.3 is 14.9 Å². The van der Waals surface area contributed by atoms with Gasteiger partial charge in [-0.2, -0.15) is 0 Å². The van der Waals surface area contributed by atoms with Crippen molar-refractivity contribution in [2.24, 2.45) is 5.92 Å². The molecule has 8 nitrogen and oxygen atoms in total. The molecule has 0 aliphatic carbocycles. The minimum atomic E-state index is -0.900. The van der Waals surface area contributed by atoms with Gasteiger partial charge in [0.15, 0.2) is 5.65 Å². The molecule has 2 N–H and O–H groups in total. The molecule has 0 atom stereocenters. The van der Waals surface area contributed by atoms with Gasteiger partial charge >= 0.3 is 0 Å². The molecule has 0 spiro atoms. The largest absolute Gasteiger partial charge is 0.496 e. The van der Waals surface area contributed by atoms with Crippen molar-refractivity contribution in [1.82, 2.24) is 19.6 Å². The lowest BCUT2D eigenvalue weighted by Gasteiger charge is -2.47. The van der Waals surface area contributed by atoms with Gasteiger partial charge in [-0.05, 0) is 23.6 Å². The maximum absolute atomic E-state index is 9.94. The van der Waals surface area contributed by atoms with E-state index in [2.05, 4.69) is 50.3 Å². The third-order valence-corrected chi connectivity index (χ3v) is 6.99. The Balaban J connectivity index is 1.89. The number of aliphatic hydroxyl groups is 2. The second-order valence-electron chi connectivity index (χ2n) is 9.11. The van der Waals surface area contributed by atoms with Gasteiger partial charge in [0, 0.05) is 31.2 Å². The van der Waals surface area contributed by atoms with Crippen LogP contribution in [0.15, 0.2) is 104 Å². The molecule has 0 unspecified atom stereocenters. The number of hydrogen-bond donors (Lipinski definition) is 2. The molecule has 2 heterocycles. The zero-order valence-electron chi connectivity index (χ0n) is 21.3. The van der Waals surface area contributed by atoms with E-state index in [0.29, 0.717) is 24.1 Å². The first kappa shape index (κ1) is 25.4. The summed E-state index contributed by atoms with van der Waals surface area (Å²) < 4.78 is 7.91. The highest BCUT2D eigenvalue weighted by molar-refractivity contribution is 5.70. The predicted octanol–water partition coefficient (Wildman–Crippen LogP) is 3.76. The van der Waals surface area contributed by atoms with Gasteiger partial charge in [-0.15, -0.1) is 0 Å². The summed E-state index contributed by atoms with van der Waals surface area (Å²) in [5.74, 6) is 0.439. The van der Waals surface area contributed by atoms with E-state index >= 15 is 0 Å². The smallest absolute Gasteiger partial charge is 0.182 e. The van der Waals surface area contributed by atoms with Crippen molar-refractivity contribution >= 4 is 11.2 Å². The van der Waals surface area contributed by atoms with Crippen LogP contribution in [0.3, 0.4) is 0 Å². The van der Waals surface area contributed by atoms with Crippen molar-refractivity contribution < 1.29 is 14.9 Å². The molecule has 0 saturated carbocycles. The van der Waals surface area contributed by atoms with Crippen molar-refractivity contribution in [3.8, 4) is 5.75 Å². The fourth-order valence-corrected chi connectivity index (χ4v) is 5.13. The summed E-state index contributed by atoms with van der Waals surface area (Å²) in [6, 6.07) is 28.5. The SMILES string of the molecule is COc1ccccc1C(c1ccccc1)(c1ccccc1)N(CCC(CO)CO)n1cnc2cncnc21. The highest BCUT2D eigenvalue weighted by atomic mass is 16.5. The zero-order valence-corrected chi connectivity index (χ0v) is 21.3. The number of benzene rings is 3. The topological polar surface area (TPSA) is 96.5 Å². The van der Waals surface area contributed by atoms with Crippen LogP contribution in [0.25, 0.3) is 11.2 Å². The van der Waals surface area contributed by atoms with E-state index < -0.39 is 5.54 Å². The molecule has 0 aliphatic rings. The molecule has 0 amide bonds. The number of hydrogen-bond acceptors (Lipinski definition) is 7. The number of nitrogens with zero attached hydrogens (tertiary/aromatic N) is 5. The van der Waals surface area contributed by atoms with E-state index in [4.69, 9.17) is 4.74 Å². The van der Waals surface area contributed by atoms with Gasteiger partial charge in [0.1, 0.15) is 29.5 Å².